The summed E-state index contributed by atoms with van der Waals surface area (Å²) in [5.41, 5.74) is -0.0588. The van der Waals surface area contributed by atoms with Gasteiger partial charge < -0.3 is 10.1 Å². The lowest BCUT2D eigenvalue weighted by Crippen LogP contribution is -2.36. The van der Waals surface area contributed by atoms with Crippen LogP contribution in [0.4, 0.5) is 0 Å². The van der Waals surface area contributed by atoms with E-state index in [1.807, 2.05) is 0 Å². The van der Waals surface area contributed by atoms with Gasteiger partial charge in [0.2, 0.25) is 0 Å². The van der Waals surface area contributed by atoms with E-state index in [1.54, 1.807) is 0 Å². The van der Waals surface area contributed by atoms with Crippen LogP contribution >= 0.6 is 0 Å². The van der Waals surface area contributed by atoms with E-state index in [2.05, 4.69) is 24.2 Å². The van der Waals surface area contributed by atoms with Gasteiger partial charge in [0.25, 0.3) is 0 Å². The molecular formula is C21H40N2O. The molecule has 1 aliphatic heterocycles. The molecule has 0 fully saturated rings. The Morgan fingerprint density at radius 3 is 1.96 bits per heavy atom. The van der Waals surface area contributed by atoms with Crippen LogP contribution in [-0.4, -0.2) is 25.2 Å². The fourth-order valence-corrected chi connectivity index (χ4v) is 3.66. The zero-order valence-electron chi connectivity index (χ0n) is 16.2. The number of aliphatic imine (C=N–C) groups is 1. The van der Waals surface area contributed by atoms with E-state index in [0.29, 0.717) is 6.42 Å². The van der Waals surface area contributed by atoms with Crippen LogP contribution in [0.5, 0.6) is 0 Å². The van der Waals surface area contributed by atoms with Gasteiger partial charge in [-0.05, 0) is 6.42 Å². The zero-order chi connectivity index (χ0) is 17.5. The summed E-state index contributed by atoms with van der Waals surface area (Å²) in [5.74, 6) is 1.07. The number of carbonyl (C=O) groups excluding carboxylic acids is 1. The van der Waals surface area contributed by atoms with E-state index in [0.717, 1.165) is 31.6 Å². The summed E-state index contributed by atoms with van der Waals surface area (Å²) in [6.45, 7) is 6.26. The molecule has 1 heterocycles. The first-order valence-electron chi connectivity index (χ1n) is 10.5. The van der Waals surface area contributed by atoms with Crippen molar-refractivity contribution in [2.24, 2.45) is 10.4 Å². The minimum absolute atomic E-state index is 0.0588. The summed E-state index contributed by atoms with van der Waals surface area (Å²) in [6, 6.07) is 0. The number of carbonyl (C=O) groups is 1. The van der Waals surface area contributed by atoms with Gasteiger partial charge in [0.05, 0.1) is 6.54 Å². The van der Waals surface area contributed by atoms with Gasteiger partial charge in [-0.2, -0.15) is 0 Å². The smallest absolute Gasteiger partial charge is 0.120 e. The molecule has 24 heavy (non-hydrogen) atoms. The van der Waals surface area contributed by atoms with Crippen molar-refractivity contribution in [2.75, 3.05) is 13.1 Å². The molecule has 0 aromatic heterocycles. The molecule has 0 aromatic carbocycles. The third-order valence-corrected chi connectivity index (χ3v) is 5.36. The minimum Gasteiger partial charge on any atom is -0.372 e. The minimum atomic E-state index is -0.0588. The molecule has 1 atom stereocenters. The van der Waals surface area contributed by atoms with E-state index >= 15 is 0 Å². The molecule has 3 heteroatoms. The Balaban J connectivity index is 1.99. The topological polar surface area (TPSA) is 41.5 Å². The van der Waals surface area contributed by atoms with Crippen LogP contribution in [0.3, 0.4) is 0 Å². The third-order valence-electron chi connectivity index (χ3n) is 5.36. The standard InChI is InChI=1S/C21H40N2O/c1-3-4-5-6-7-8-9-10-11-12-13-14-15-21(2,16-19-24)20-22-17-18-23-20/h19H,3-18H2,1-2H3,(H,22,23). The summed E-state index contributed by atoms with van der Waals surface area (Å²) >= 11 is 0. The Hall–Kier alpha value is -0.860. The maximum absolute atomic E-state index is 11.0. The summed E-state index contributed by atoms with van der Waals surface area (Å²) < 4.78 is 0. The number of aldehydes is 1. The van der Waals surface area contributed by atoms with Crippen molar-refractivity contribution in [3.63, 3.8) is 0 Å². The SMILES string of the molecule is CCCCCCCCCCCCCCC(C)(CC=O)C1=NCCN1. The van der Waals surface area contributed by atoms with Crippen LogP contribution in [0.25, 0.3) is 0 Å². The Labute approximate surface area is 150 Å². The van der Waals surface area contributed by atoms with Crippen LogP contribution in [0.15, 0.2) is 4.99 Å². The second kappa shape index (κ2) is 13.4. The highest BCUT2D eigenvalue weighted by molar-refractivity contribution is 5.90. The monoisotopic (exact) mass is 336 g/mol. The Morgan fingerprint density at radius 1 is 0.958 bits per heavy atom. The van der Waals surface area contributed by atoms with E-state index in [4.69, 9.17) is 0 Å². The lowest BCUT2D eigenvalue weighted by Gasteiger charge is -2.28. The summed E-state index contributed by atoms with van der Waals surface area (Å²) in [4.78, 5) is 15.6. The molecule has 140 valence electrons. The Bertz CT molecular complexity index is 354. The van der Waals surface area contributed by atoms with E-state index in [-0.39, 0.29) is 5.41 Å². The fraction of sp³-hybridized carbons (Fsp3) is 0.905. The van der Waals surface area contributed by atoms with E-state index in [9.17, 15) is 4.79 Å². The first kappa shape index (κ1) is 21.2. The Morgan fingerprint density at radius 2 is 1.50 bits per heavy atom. The maximum atomic E-state index is 11.0. The van der Waals surface area contributed by atoms with Gasteiger partial charge in [-0.25, -0.2) is 0 Å². The lowest BCUT2D eigenvalue weighted by molar-refractivity contribution is -0.109. The first-order valence-corrected chi connectivity index (χ1v) is 10.5. The molecular weight excluding hydrogens is 296 g/mol. The predicted octanol–water partition coefficient (Wildman–Crippen LogP) is 5.67. The largest absolute Gasteiger partial charge is 0.372 e. The quantitative estimate of drug-likeness (QED) is 0.291. The van der Waals surface area contributed by atoms with Gasteiger partial charge in [0, 0.05) is 18.4 Å². The van der Waals surface area contributed by atoms with E-state index < -0.39 is 0 Å². The molecule has 0 amide bonds. The zero-order valence-corrected chi connectivity index (χ0v) is 16.2. The highest BCUT2D eigenvalue weighted by Crippen LogP contribution is 2.30. The number of hydrogen-bond donors (Lipinski definition) is 1. The summed E-state index contributed by atoms with van der Waals surface area (Å²) in [6.07, 6.45) is 19.2. The molecule has 0 radical (unpaired) electrons. The van der Waals surface area contributed by atoms with Crippen LogP contribution in [-0.2, 0) is 4.79 Å². The molecule has 1 N–H and O–H groups in total. The van der Waals surface area contributed by atoms with Crippen molar-refractivity contribution >= 4 is 12.1 Å². The molecule has 0 aliphatic carbocycles. The maximum Gasteiger partial charge on any atom is 0.120 e. The van der Waals surface area contributed by atoms with Crippen molar-refractivity contribution in [3.8, 4) is 0 Å². The lowest BCUT2D eigenvalue weighted by atomic mass is 9.80. The van der Waals surface area contributed by atoms with Crippen molar-refractivity contribution in [2.45, 2.75) is 104 Å². The number of unbranched alkanes of at least 4 members (excludes halogenated alkanes) is 11. The summed E-state index contributed by atoms with van der Waals surface area (Å²) in [5, 5.41) is 3.37. The normalized spacial score (nSPS) is 16.5. The molecule has 1 rings (SSSR count). The molecule has 0 aromatic rings. The second-order valence-electron chi connectivity index (χ2n) is 7.73. The van der Waals surface area contributed by atoms with E-state index in [1.165, 1.54) is 77.0 Å². The number of amidine groups is 1. The molecule has 0 bridgehead atoms. The van der Waals surface area contributed by atoms with Gasteiger partial charge >= 0.3 is 0 Å². The molecule has 0 saturated heterocycles. The highest BCUT2D eigenvalue weighted by Gasteiger charge is 2.31. The molecule has 0 saturated carbocycles. The highest BCUT2D eigenvalue weighted by atomic mass is 16.1. The second-order valence-corrected chi connectivity index (χ2v) is 7.73. The van der Waals surface area contributed by atoms with Gasteiger partial charge in [-0.1, -0.05) is 90.9 Å². The average molecular weight is 337 g/mol. The van der Waals surface area contributed by atoms with Gasteiger partial charge in [0.1, 0.15) is 12.1 Å². The fourth-order valence-electron chi connectivity index (χ4n) is 3.66. The summed E-state index contributed by atoms with van der Waals surface area (Å²) in [7, 11) is 0. The molecule has 1 aliphatic rings. The number of hydrogen-bond acceptors (Lipinski definition) is 3. The van der Waals surface area contributed by atoms with Crippen LogP contribution in [0.1, 0.15) is 104 Å². The third kappa shape index (κ3) is 8.84. The number of nitrogens with zero attached hydrogens (tertiary/aromatic N) is 1. The van der Waals surface area contributed by atoms with Crippen LogP contribution in [0.2, 0.25) is 0 Å². The van der Waals surface area contributed by atoms with Crippen LogP contribution < -0.4 is 5.32 Å². The van der Waals surface area contributed by atoms with Gasteiger partial charge in [-0.3, -0.25) is 4.99 Å². The predicted molar refractivity (Wildman–Crippen MR) is 105 cm³/mol. The first-order chi connectivity index (χ1) is 11.7. The van der Waals surface area contributed by atoms with Gasteiger partial charge in [0.15, 0.2) is 0 Å². The van der Waals surface area contributed by atoms with Gasteiger partial charge in [-0.15, -0.1) is 0 Å². The van der Waals surface area contributed by atoms with Crippen molar-refractivity contribution in [1.29, 1.82) is 0 Å². The average Bonchev–Trinajstić information content (AvgIpc) is 3.11. The van der Waals surface area contributed by atoms with Crippen molar-refractivity contribution in [1.82, 2.24) is 5.32 Å². The molecule has 1 unspecified atom stereocenters. The van der Waals surface area contributed by atoms with Crippen LogP contribution in [0, 0.1) is 5.41 Å². The molecule has 0 spiro atoms. The Kier molecular flexibility index (Phi) is 11.9. The molecule has 3 nitrogen and oxygen atoms in total. The van der Waals surface area contributed by atoms with Crippen molar-refractivity contribution < 1.29 is 4.79 Å². The number of nitrogens with one attached hydrogen (secondary N) is 1. The van der Waals surface area contributed by atoms with Crippen molar-refractivity contribution in [3.05, 3.63) is 0 Å². The number of rotatable bonds is 16.